The minimum Gasteiger partial charge on any atom is -0.326 e. The maximum absolute atomic E-state index is 11.9. The van der Waals surface area contributed by atoms with Crippen molar-refractivity contribution in [2.24, 2.45) is 0 Å². The second kappa shape index (κ2) is 6.66. The van der Waals surface area contributed by atoms with E-state index in [4.69, 9.17) is 0 Å². The normalized spacial score (nSPS) is 10.2. The third-order valence-electron chi connectivity index (χ3n) is 2.68. The van der Waals surface area contributed by atoms with Crippen molar-refractivity contribution < 1.29 is 4.79 Å². The van der Waals surface area contributed by atoms with Gasteiger partial charge in [0, 0.05) is 24.6 Å². The van der Waals surface area contributed by atoms with Gasteiger partial charge in [0.1, 0.15) is 0 Å². The number of hydrogen-bond acceptors (Lipinski definition) is 3. The van der Waals surface area contributed by atoms with E-state index in [2.05, 4.69) is 15.6 Å². The summed E-state index contributed by atoms with van der Waals surface area (Å²) in [5, 5.41) is 5.98. The minimum atomic E-state index is -0.0328. The summed E-state index contributed by atoms with van der Waals surface area (Å²) in [5.41, 5.74) is 2.87. The molecule has 4 heteroatoms. The maximum atomic E-state index is 11.9. The molecule has 0 aliphatic heterocycles. The summed E-state index contributed by atoms with van der Waals surface area (Å²) in [6, 6.07) is 11.5. The number of aromatic nitrogens is 1. The molecule has 4 nitrogen and oxygen atoms in total. The van der Waals surface area contributed by atoms with Gasteiger partial charge in [-0.2, -0.15) is 0 Å². The van der Waals surface area contributed by atoms with Crippen LogP contribution >= 0.6 is 0 Å². The van der Waals surface area contributed by atoms with Crippen LogP contribution in [0.2, 0.25) is 0 Å². The summed E-state index contributed by atoms with van der Waals surface area (Å²) in [6.07, 6.45) is 3.74. The quantitative estimate of drug-likeness (QED) is 0.859. The third kappa shape index (κ3) is 4.19. The van der Waals surface area contributed by atoms with Gasteiger partial charge in [0.05, 0.1) is 6.42 Å². The number of nitrogens with zero attached hydrogens (tertiary/aromatic N) is 1. The molecule has 98 valence electrons. The fraction of sp³-hybridized carbons (Fsp3) is 0.200. The van der Waals surface area contributed by atoms with Gasteiger partial charge in [-0.25, -0.2) is 0 Å². The number of nitrogens with one attached hydrogen (secondary N) is 2. The second-order valence-electron chi connectivity index (χ2n) is 4.32. The summed E-state index contributed by atoms with van der Waals surface area (Å²) >= 11 is 0. The summed E-state index contributed by atoms with van der Waals surface area (Å²) in [7, 11) is 1.90. The lowest BCUT2D eigenvalue weighted by molar-refractivity contribution is -0.115. The zero-order valence-corrected chi connectivity index (χ0v) is 10.9. The van der Waals surface area contributed by atoms with Crippen LogP contribution in [-0.2, 0) is 17.8 Å². The molecule has 0 aliphatic carbocycles. The van der Waals surface area contributed by atoms with Crippen LogP contribution in [0.5, 0.6) is 0 Å². The SMILES string of the molecule is CNCc1cccc(NC(=O)Cc2cccnc2)c1. The average Bonchev–Trinajstić information content (AvgIpc) is 2.40. The predicted octanol–water partition coefficient (Wildman–Crippen LogP) is 1.98. The van der Waals surface area contributed by atoms with Crippen molar-refractivity contribution in [1.82, 2.24) is 10.3 Å². The van der Waals surface area contributed by atoms with E-state index in [1.165, 1.54) is 0 Å². The first-order valence-electron chi connectivity index (χ1n) is 6.20. The van der Waals surface area contributed by atoms with E-state index >= 15 is 0 Å². The Morgan fingerprint density at radius 2 is 2.05 bits per heavy atom. The average molecular weight is 255 g/mol. The Hall–Kier alpha value is -2.20. The van der Waals surface area contributed by atoms with Gasteiger partial charge >= 0.3 is 0 Å². The molecule has 1 aromatic carbocycles. The Morgan fingerprint density at radius 1 is 1.21 bits per heavy atom. The lowest BCUT2D eigenvalue weighted by Crippen LogP contribution is -2.15. The highest BCUT2D eigenvalue weighted by Gasteiger charge is 2.04. The molecule has 0 fully saturated rings. The number of pyridine rings is 1. The molecule has 0 saturated carbocycles. The van der Waals surface area contributed by atoms with Gasteiger partial charge in [0.25, 0.3) is 0 Å². The highest BCUT2D eigenvalue weighted by molar-refractivity contribution is 5.92. The van der Waals surface area contributed by atoms with Crippen LogP contribution in [-0.4, -0.2) is 17.9 Å². The van der Waals surface area contributed by atoms with Crippen LogP contribution < -0.4 is 10.6 Å². The van der Waals surface area contributed by atoms with Gasteiger partial charge in [-0.05, 0) is 36.4 Å². The van der Waals surface area contributed by atoms with Gasteiger partial charge in [0.15, 0.2) is 0 Å². The van der Waals surface area contributed by atoms with E-state index in [1.807, 2.05) is 43.4 Å². The molecule has 0 atom stereocenters. The smallest absolute Gasteiger partial charge is 0.228 e. The van der Waals surface area contributed by atoms with Crippen LogP contribution in [0.25, 0.3) is 0 Å². The van der Waals surface area contributed by atoms with E-state index in [-0.39, 0.29) is 5.91 Å². The van der Waals surface area contributed by atoms with Crippen molar-refractivity contribution in [3.05, 3.63) is 59.9 Å². The lowest BCUT2D eigenvalue weighted by Gasteiger charge is -2.07. The second-order valence-corrected chi connectivity index (χ2v) is 4.32. The van der Waals surface area contributed by atoms with Crippen LogP contribution in [0, 0.1) is 0 Å². The zero-order valence-electron chi connectivity index (χ0n) is 10.9. The van der Waals surface area contributed by atoms with Crippen molar-refractivity contribution in [2.75, 3.05) is 12.4 Å². The molecule has 0 spiro atoms. The molecular formula is C15H17N3O. The first-order valence-corrected chi connectivity index (χ1v) is 6.20. The summed E-state index contributed by atoms with van der Waals surface area (Å²) in [4.78, 5) is 15.9. The minimum absolute atomic E-state index is 0.0328. The van der Waals surface area contributed by atoms with E-state index in [0.29, 0.717) is 6.42 Å². The number of carbonyl (C=O) groups is 1. The molecule has 0 radical (unpaired) electrons. The van der Waals surface area contributed by atoms with Gasteiger partial charge in [-0.1, -0.05) is 18.2 Å². The zero-order chi connectivity index (χ0) is 13.5. The molecule has 0 saturated heterocycles. The van der Waals surface area contributed by atoms with Gasteiger partial charge in [-0.3, -0.25) is 9.78 Å². The molecule has 1 aromatic heterocycles. The molecule has 0 aliphatic rings. The molecule has 0 bridgehead atoms. The third-order valence-corrected chi connectivity index (χ3v) is 2.68. The van der Waals surface area contributed by atoms with E-state index in [0.717, 1.165) is 23.4 Å². The predicted molar refractivity (Wildman–Crippen MR) is 75.8 cm³/mol. The first kappa shape index (κ1) is 13.2. The lowest BCUT2D eigenvalue weighted by atomic mass is 10.1. The van der Waals surface area contributed by atoms with Crippen LogP contribution in [0.1, 0.15) is 11.1 Å². The Labute approximate surface area is 112 Å². The largest absolute Gasteiger partial charge is 0.326 e. The summed E-state index contributed by atoms with van der Waals surface area (Å²) < 4.78 is 0. The van der Waals surface area contributed by atoms with Gasteiger partial charge in [-0.15, -0.1) is 0 Å². The van der Waals surface area contributed by atoms with E-state index in [1.54, 1.807) is 12.4 Å². The number of amides is 1. The van der Waals surface area contributed by atoms with Crippen LogP contribution in [0.15, 0.2) is 48.8 Å². The van der Waals surface area contributed by atoms with Crippen molar-refractivity contribution >= 4 is 11.6 Å². The molecule has 2 N–H and O–H groups in total. The Bertz CT molecular complexity index is 540. The first-order chi connectivity index (χ1) is 9.28. The van der Waals surface area contributed by atoms with Crippen molar-refractivity contribution in [2.45, 2.75) is 13.0 Å². The van der Waals surface area contributed by atoms with Gasteiger partial charge < -0.3 is 10.6 Å². The van der Waals surface area contributed by atoms with E-state index in [9.17, 15) is 4.79 Å². The number of hydrogen-bond donors (Lipinski definition) is 2. The molecule has 1 heterocycles. The van der Waals surface area contributed by atoms with E-state index < -0.39 is 0 Å². The standard InChI is InChI=1S/C15H17N3O/c1-16-10-12-4-2-6-14(8-12)18-15(19)9-13-5-3-7-17-11-13/h2-8,11,16H,9-10H2,1H3,(H,18,19). The van der Waals surface area contributed by atoms with Crippen molar-refractivity contribution in [3.8, 4) is 0 Å². The highest BCUT2D eigenvalue weighted by Crippen LogP contribution is 2.11. The summed E-state index contributed by atoms with van der Waals surface area (Å²) in [6.45, 7) is 0.784. The highest BCUT2D eigenvalue weighted by atomic mass is 16.1. The van der Waals surface area contributed by atoms with Crippen molar-refractivity contribution in [3.63, 3.8) is 0 Å². The molecule has 0 unspecified atom stereocenters. The molecular weight excluding hydrogens is 238 g/mol. The fourth-order valence-electron chi connectivity index (χ4n) is 1.86. The topological polar surface area (TPSA) is 54.0 Å². The molecule has 1 amide bonds. The Kier molecular flexibility index (Phi) is 4.64. The number of benzene rings is 1. The van der Waals surface area contributed by atoms with Gasteiger partial charge in [0.2, 0.25) is 5.91 Å². The monoisotopic (exact) mass is 255 g/mol. The summed E-state index contributed by atoms with van der Waals surface area (Å²) in [5.74, 6) is -0.0328. The maximum Gasteiger partial charge on any atom is 0.228 e. The fourth-order valence-corrected chi connectivity index (χ4v) is 1.86. The number of anilines is 1. The van der Waals surface area contributed by atoms with Crippen LogP contribution in [0.3, 0.4) is 0 Å². The Balaban J connectivity index is 1.97. The molecule has 19 heavy (non-hydrogen) atoms. The number of carbonyl (C=O) groups excluding carboxylic acids is 1. The van der Waals surface area contributed by atoms with Crippen molar-refractivity contribution in [1.29, 1.82) is 0 Å². The number of rotatable bonds is 5. The molecule has 2 rings (SSSR count). The molecule has 2 aromatic rings. The van der Waals surface area contributed by atoms with Crippen LogP contribution in [0.4, 0.5) is 5.69 Å². The Morgan fingerprint density at radius 3 is 2.79 bits per heavy atom.